The van der Waals surface area contributed by atoms with Crippen LogP contribution in [0.3, 0.4) is 0 Å². The molecule has 3 rings (SSSR count). The molecule has 0 radical (unpaired) electrons. The van der Waals surface area contributed by atoms with Crippen LogP contribution >= 0.6 is 11.3 Å². The van der Waals surface area contributed by atoms with E-state index in [9.17, 15) is 0 Å². The molecule has 0 aliphatic rings. The molecule has 0 saturated heterocycles. The van der Waals surface area contributed by atoms with Crippen molar-refractivity contribution >= 4 is 26.5 Å². The average Bonchev–Trinajstić information content (AvgIpc) is 2.62. The first-order valence-electron chi connectivity index (χ1n) is 4.17. The van der Waals surface area contributed by atoms with Crippen LogP contribution in [-0.2, 0) is 0 Å². The zero-order valence-electron chi connectivity index (χ0n) is 7.19. The molecule has 2 aromatic heterocycles. The lowest BCUT2D eigenvalue weighted by Crippen LogP contribution is -1.76. The molecule has 0 aliphatic heterocycles. The third-order valence-electron chi connectivity index (χ3n) is 2.18. The van der Waals surface area contributed by atoms with E-state index in [1.54, 1.807) is 11.3 Å². The van der Waals surface area contributed by atoms with Crippen LogP contribution in [0.2, 0.25) is 0 Å². The molecular weight excluding hydrogens is 180 g/mol. The Balaban J connectivity index is 2.59. The van der Waals surface area contributed by atoms with Gasteiger partial charge in [0.25, 0.3) is 0 Å². The summed E-state index contributed by atoms with van der Waals surface area (Å²) < 4.78 is 3.43. The van der Waals surface area contributed by atoms with Crippen molar-refractivity contribution in [3.05, 3.63) is 36.2 Å². The predicted molar refractivity (Wildman–Crippen MR) is 55.3 cm³/mol. The van der Waals surface area contributed by atoms with Crippen molar-refractivity contribution in [3.8, 4) is 0 Å². The lowest BCUT2D eigenvalue weighted by molar-refractivity contribution is 1.29. The third kappa shape index (κ3) is 0.906. The SMILES string of the molecule is Cc1ccc2c(c1)sc1nccn12. The van der Waals surface area contributed by atoms with Gasteiger partial charge in [0.05, 0.1) is 10.2 Å². The maximum Gasteiger partial charge on any atom is 0.194 e. The molecule has 3 aromatic rings. The Bertz CT molecular complexity index is 577. The lowest BCUT2D eigenvalue weighted by Gasteiger charge is -1.91. The van der Waals surface area contributed by atoms with Crippen LogP contribution in [0.15, 0.2) is 30.6 Å². The Kier molecular flexibility index (Phi) is 1.27. The van der Waals surface area contributed by atoms with Crippen molar-refractivity contribution in [3.63, 3.8) is 0 Å². The van der Waals surface area contributed by atoms with Crippen molar-refractivity contribution in [2.24, 2.45) is 0 Å². The quantitative estimate of drug-likeness (QED) is 0.530. The molecule has 13 heavy (non-hydrogen) atoms. The average molecular weight is 188 g/mol. The fourth-order valence-electron chi connectivity index (χ4n) is 1.55. The van der Waals surface area contributed by atoms with Crippen LogP contribution in [-0.4, -0.2) is 9.38 Å². The first-order valence-corrected chi connectivity index (χ1v) is 4.98. The number of hydrogen-bond acceptors (Lipinski definition) is 2. The Morgan fingerprint density at radius 1 is 1.38 bits per heavy atom. The Morgan fingerprint density at radius 3 is 3.23 bits per heavy atom. The minimum absolute atomic E-state index is 1.07. The molecule has 2 nitrogen and oxygen atoms in total. The fourth-order valence-corrected chi connectivity index (χ4v) is 2.63. The van der Waals surface area contributed by atoms with Gasteiger partial charge in [0.1, 0.15) is 0 Å². The molecule has 0 saturated carbocycles. The van der Waals surface area contributed by atoms with E-state index in [1.807, 2.05) is 12.4 Å². The van der Waals surface area contributed by atoms with Gasteiger partial charge in [-0.2, -0.15) is 0 Å². The highest BCUT2D eigenvalue weighted by atomic mass is 32.1. The summed E-state index contributed by atoms with van der Waals surface area (Å²) in [6.45, 7) is 2.11. The second-order valence-electron chi connectivity index (χ2n) is 3.15. The topological polar surface area (TPSA) is 17.3 Å². The number of thiazole rings is 1. The molecule has 2 heterocycles. The number of aryl methyl sites for hydroxylation is 1. The minimum atomic E-state index is 1.07. The van der Waals surface area contributed by atoms with Crippen LogP contribution in [0.25, 0.3) is 15.2 Å². The second-order valence-corrected chi connectivity index (χ2v) is 4.16. The number of aromatic nitrogens is 2. The van der Waals surface area contributed by atoms with Gasteiger partial charge in [-0.15, -0.1) is 0 Å². The predicted octanol–water partition coefficient (Wildman–Crippen LogP) is 2.86. The summed E-state index contributed by atoms with van der Waals surface area (Å²) in [5.41, 5.74) is 2.56. The number of imidazole rings is 1. The van der Waals surface area contributed by atoms with Crippen molar-refractivity contribution in [2.45, 2.75) is 6.92 Å². The maximum absolute atomic E-state index is 4.27. The summed E-state index contributed by atoms with van der Waals surface area (Å²) in [5.74, 6) is 0. The van der Waals surface area contributed by atoms with Crippen LogP contribution in [0.1, 0.15) is 5.56 Å². The summed E-state index contributed by atoms with van der Waals surface area (Å²) in [7, 11) is 0. The van der Waals surface area contributed by atoms with Gasteiger partial charge >= 0.3 is 0 Å². The molecule has 0 atom stereocenters. The maximum atomic E-state index is 4.27. The van der Waals surface area contributed by atoms with E-state index in [0.717, 1.165) is 4.96 Å². The van der Waals surface area contributed by atoms with Crippen LogP contribution in [0, 0.1) is 6.92 Å². The molecule has 0 unspecified atom stereocenters. The molecule has 64 valence electrons. The summed E-state index contributed by atoms with van der Waals surface area (Å²) >= 11 is 1.73. The zero-order valence-corrected chi connectivity index (χ0v) is 8.01. The highest BCUT2D eigenvalue weighted by Crippen LogP contribution is 2.25. The molecule has 0 amide bonds. The van der Waals surface area contributed by atoms with E-state index in [2.05, 4.69) is 34.5 Å². The summed E-state index contributed by atoms with van der Waals surface area (Å²) in [5, 5.41) is 0. The standard InChI is InChI=1S/C10H8N2S/c1-7-2-3-8-9(6-7)13-10-11-4-5-12(8)10/h2-6H,1H3. The van der Waals surface area contributed by atoms with Crippen molar-refractivity contribution in [2.75, 3.05) is 0 Å². The minimum Gasteiger partial charge on any atom is -0.290 e. The van der Waals surface area contributed by atoms with Gasteiger partial charge in [0.15, 0.2) is 4.96 Å². The monoisotopic (exact) mass is 188 g/mol. The van der Waals surface area contributed by atoms with Gasteiger partial charge in [-0.05, 0) is 24.6 Å². The zero-order chi connectivity index (χ0) is 8.84. The van der Waals surface area contributed by atoms with Crippen LogP contribution < -0.4 is 0 Å². The molecule has 0 fully saturated rings. The van der Waals surface area contributed by atoms with Gasteiger partial charge in [-0.1, -0.05) is 17.4 Å². The molecule has 0 N–H and O–H groups in total. The Labute approximate surface area is 79.5 Å². The smallest absolute Gasteiger partial charge is 0.194 e. The Hall–Kier alpha value is -1.35. The van der Waals surface area contributed by atoms with Gasteiger partial charge in [-0.3, -0.25) is 4.40 Å². The highest BCUT2D eigenvalue weighted by Gasteiger charge is 2.03. The molecule has 0 bridgehead atoms. The van der Waals surface area contributed by atoms with Crippen molar-refractivity contribution < 1.29 is 0 Å². The summed E-state index contributed by atoms with van der Waals surface area (Å²) in [6, 6.07) is 6.49. The van der Waals surface area contributed by atoms with Gasteiger partial charge in [-0.25, -0.2) is 4.98 Å². The van der Waals surface area contributed by atoms with Gasteiger partial charge < -0.3 is 0 Å². The van der Waals surface area contributed by atoms with Crippen LogP contribution in [0.4, 0.5) is 0 Å². The van der Waals surface area contributed by atoms with Crippen molar-refractivity contribution in [1.29, 1.82) is 0 Å². The highest BCUT2D eigenvalue weighted by molar-refractivity contribution is 7.23. The number of benzene rings is 1. The second kappa shape index (κ2) is 2.33. The number of nitrogens with zero attached hydrogens (tertiary/aromatic N) is 2. The number of fused-ring (bicyclic) bond motifs is 3. The largest absolute Gasteiger partial charge is 0.290 e. The van der Waals surface area contributed by atoms with E-state index in [-0.39, 0.29) is 0 Å². The first kappa shape index (κ1) is 7.09. The first-order chi connectivity index (χ1) is 6.34. The van der Waals surface area contributed by atoms with E-state index < -0.39 is 0 Å². The third-order valence-corrected chi connectivity index (χ3v) is 3.21. The molecule has 0 spiro atoms. The van der Waals surface area contributed by atoms with Crippen molar-refractivity contribution in [1.82, 2.24) is 9.38 Å². The molecule has 3 heteroatoms. The number of hydrogen-bond donors (Lipinski definition) is 0. The lowest BCUT2D eigenvalue weighted by atomic mass is 10.2. The Morgan fingerprint density at radius 2 is 2.31 bits per heavy atom. The van der Waals surface area contributed by atoms with E-state index in [1.165, 1.54) is 15.8 Å². The number of rotatable bonds is 0. The van der Waals surface area contributed by atoms with E-state index >= 15 is 0 Å². The molecule has 0 aliphatic carbocycles. The summed E-state index contributed by atoms with van der Waals surface area (Å²) in [6.07, 6.45) is 3.84. The van der Waals surface area contributed by atoms with Gasteiger partial charge in [0.2, 0.25) is 0 Å². The van der Waals surface area contributed by atoms with E-state index in [0.29, 0.717) is 0 Å². The fraction of sp³-hybridized carbons (Fsp3) is 0.100. The normalized spacial score (nSPS) is 11.5. The molecule has 1 aromatic carbocycles. The summed E-state index contributed by atoms with van der Waals surface area (Å²) in [4.78, 5) is 5.34. The van der Waals surface area contributed by atoms with E-state index in [4.69, 9.17) is 0 Å². The van der Waals surface area contributed by atoms with Gasteiger partial charge in [0, 0.05) is 12.4 Å². The molecular formula is C10H8N2S. The van der Waals surface area contributed by atoms with Crippen LogP contribution in [0.5, 0.6) is 0 Å².